The molecule has 24 heavy (non-hydrogen) atoms. The van der Waals surface area contributed by atoms with Gasteiger partial charge in [-0.3, -0.25) is 4.79 Å². The van der Waals surface area contributed by atoms with Crippen molar-refractivity contribution in [2.45, 2.75) is 38.0 Å². The lowest BCUT2D eigenvalue weighted by Crippen LogP contribution is -2.38. The van der Waals surface area contributed by atoms with Gasteiger partial charge in [0, 0.05) is 19.0 Å². The van der Waals surface area contributed by atoms with Crippen molar-refractivity contribution in [1.29, 1.82) is 0 Å². The second-order valence-corrected chi connectivity index (χ2v) is 6.29. The first-order valence-electron chi connectivity index (χ1n) is 8.49. The maximum Gasteiger partial charge on any atom is 0.224 e. The van der Waals surface area contributed by atoms with Crippen LogP contribution in [-0.2, 0) is 11.3 Å². The van der Waals surface area contributed by atoms with E-state index in [0.717, 1.165) is 24.9 Å². The van der Waals surface area contributed by atoms with Gasteiger partial charge in [-0.05, 0) is 37.1 Å². The summed E-state index contributed by atoms with van der Waals surface area (Å²) in [6, 6.07) is 13.6. The number of aliphatic hydroxyl groups excluding tert-OH is 1. The van der Waals surface area contributed by atoms with Gasteiger partial charge in [0.05, 0.1) is 12.8 Å². The Hall–Kier alpha value is -2.11. The summed E-state index contributed by atoms with van der Waals surface area (Å²) in [4.78, 5) is 14.5. The predicted molar refractivity (Wildman–Crippen MR) is 91.2 cm³/mol. The zero-order valence-corrected chi connectivity index (χ0v) is 13.7. The van der Waals surface area contributed by atoms with Gasteiger partial charge in [-0.15, -0.1) is 0 Å². The van der Waals surface area contributed by atoms with E-state index in [4.69, 9.17) is 4.42 Å². The third kappa shape index (κ3) is 4.46. The molecule has 1 fully saturated rings. The molecule has 2 unspecified atom stereocenters. The number of rotatable bonds is 7. The van der Waals surface area contributed by atoms with Gasteiger partial charge in [0.1, 0.15) is 11.9 Å². The minimum absolute atomic E-state index is 0.0591. The summed E-state index contributed by atoms with van der Waals surface area (Å²) in [5.41, 5.74) is 1.05. The van der Waals surface area contributed by atoms with E-state index in [0.29, 0.717) is 18.7 Å². The largest absolute Gasteiger partial charge is 0.467 e. The molecule has 1 saturated heterocycles. The smallest absolute Gasteiger partial charge is 0.224 e. The van der Waals surface area contributed by atoms with Crippen LogP contribution in [0.3, 0.4) is 0 Å². The fourth-order valence-electron chi connectivity index (χ4n) is 3.11. The Kier molecular flexibility index (Phi) is 5.67. The van der Waals surface area contributed by atoms with Gasteiger partial charge in [0.25, 0.3) is 0 Å². The van der Waals surface area contributed by atoms with Crippen LogP contribution in [0.25, 0.3) is 0 Å². The first-order chi connectivity index (χ1) is 11.7. The van der Waals surface area contributed by atoms with Crippen LogP contribution in [0.15, 0.2) is 53.1 Å². The normalized spacial score (nSPS) is 18.5. The van der Waals surface area contributed by atoms with Gasteiger partial charge in [0.15, 0.2) is 0 Å². The van der Waals surface area contributed by atoms with Crippen LogP contribution in [0.2, 0.25) is 0 Å². The molecular weight excluding hydrogens is 304 g/mol. The van der Waals surface area contributed by atoms with E-state index < -0.39 is 6.10 Å². The molecule has 1 aromatic heterocycles. The Morgan fingerprint density at radius 3 is 2.79 bits per heavy atom. The summed E-state index contributed by atoms with van der Waals surface area (Å²) in [6.45, 7) is 1.70. The second kappa shape index (κ2) is 8.13. The number of aliphatic hydroxyl groups is 1. The van der Waals surface area contributed by atoms with E-state index in [2.05, 4.69) is 5.32 Å². The van der Waals surface area contributed by atoms with Crippen LogP contribution in [0.4, 0.5) is 0 Å². The lowest BCUT2D eigenvalue weighted by molar-refractivity contribution is -0.134. The van der Waals surface area contributed by atoms with Crippen LogP contribution in [0.1, 0.15) is 36.7 Å². The molecule has 128 valence electrons. The van der Waals surface area contributed by atoms with Gasteiger partial charge < -0.3 is 19.7 Å². The van der Waals surface area contributed by atoms with Gasteiger partial charge in [-0.2, -0.15) is 0 Å². The third-order valence-electron chi connectivity index (χ3n) is 4.42. The monoisotopic (exact) mass is 328 g/mol. The molecule has 0 spiro atoms. The van der Waals surface area contributed by atoms with Crippen molar-refractivity contribution in [2.24, 2.45) is 0 Å². The van der Waals surface area contributed by atoms with Crippen LogP contribution >= 0.6 is 0 Å². The highest BCUT2D eigenvalue weighted by molar-refractivity contribution is 5.77. The maximum atomic E-state index is 12.8. The van der Waals surface area contributed by atoms with E-state index in [1.54, 1.807) is 17.0 Å². The molecule has 1 aliphatic rings. The first kappa shape index (κ1) is 16.7. The molecule has 0 aliphatic carbocycles. The maximum absolute atomic E-state index is 12.8. The highest BCUT2D eigenvalue weighted by Crippen LogP contribution is 2.18. The number of nitrogens with zero attached hydrogens (tertiary/aromatic N) is 1. The lowest BCUT2D eigenvalue weighted by Gasteiger charge is -2.26. The molecule has 2 heterocycles. The zero-order chi connectivity index (χ0) is 16.8. The van der Waals surface area contributed by atoms with Gasteiger partial charge in [-0.25, -0.2) is 0 Å². The molecule has 2 N–H and O–H groups in total. The van der Waals surface area contributed by atoms with Gasteiger partial charge in [-0.1, -0.05) is 30.3 Å². The minimum atomic E-state index is -0.816. The Morgan fingerprint density at radius 1 is 1.29 bits per heavy atom. The number of hydrogen-bond acceptors (Lipinski definition) is 4. The zero-order valence-electron chi connectivity index (χ0n) is 13.7. The summed E-state index contributed by atoms with van der Waals surface area (Å²) >= 11 is 0. The number of hydrogen-bond donors (Lipinski definition) is 2. The highest BCUT2D eigenvalue weighted by Gasteiger charge is 2.24. The second-order valence-electron chi connectivity index (χ2n) is 6.29. The molecule has 3 rings (SSSR count). The van der Waals surface area contributed by atoms with Crippen LogP contribution < -0.4 is 5.32 Å². The number of nitrogens with one attached hydrogen (secondary N) is 1. The van der Waals surface area contributed by atoms with Crippen molar-refractivity contribution in [1.82, 2.24) is 10.2 Å². The quantitative estimate of drug-likeness (QED) is 0.819. The van der Waals surface area contributed by atoms with Crippen LogP contribution in [0, 0.1) is 0 Å². The van der Waals surface area contributed by atoms with Crippen LogP contribution in [0.5, 0.6) is 0 Å². The number of carbonyl (C=O) groups excluding carboxylic acids is 1. The molecule has 1 aliphatic heterocycles. The molecule has 5 heteroatoms. The number of carbonyl (C=O) groups is 1. The Bertz CT molecular complexity index is 621. The van der Waals surface area contributed by atoms with Crippen molar-refractivity contribution in [3.05, 3.63) is 60.1 Å². The van der Waals surface area contributed by atoms with Crippen molar-refractivity contribution in [3.8, 4) is 0 Å². The summed E-state index contributed by atoms with van der Waals surface area (Å²) in [5.74, 6) is 0.545. The van der Waals surface area contributed by atoms with Crippen molar-refractivity contribution < 1.29 is 14.3 Å². The molecule has 2 atom stereocenters. The van der Waals surface area contributed by atoms with E-state index in [9.17, 15) is 9.90 Å². The van der Waals surface area contributed by atoms with Gasteiger partial charge >= 0.3 is 0 Å². The summed E-state index contributed by atoms with van der Waals surface area (Å²) in [6.07, 6.45) is 3.34. The molecule has 5 nitrogen and oxygen atoms in total. The number of furan rings is 1. The Labute approximate surface area is 142 Å². The summed E-state index contributed by atoms with van der Waals surface area (Å²) < 4.78 is 5.26. The fraction of sp³-hybridized carbons (Fsp3) is 0.421. The topological polar surface area (TPSA) is 65.7 Å². The van der Waals surface area contributed by atoms with E-state index >= 15 is 0 Å². The Balaban J connectivity index is 1.68. The summed E-state index contributed by atoms with van der Waals surface area (Å²) in [5, 5.41) is 13.7. The molecule has 0 saturated carbocycles. The average molecular weight is 328 g/mol. The van der Waals surface area contributed by atoms with Crippen molar-refractivity contribution >= 4 is 5.91 Å². The van der Waals surface area contributed by atoms with Crippen LogP contribution in [-0.4, -0.2) is 35.0 Å². The van der Waals surface area contributed by atoms with Gasteiger partial charge in [0.2, 0.25) is 5.91 Å². The number of amides is 1. The summed E-state index contributed by atoms with van der Waals surface area (Å²) in [7, 11) is 0. The van der Waals surface area contributed by atoms with E-state index in [1.165, 1.54) is 6.26 Å². The molecule has 1 amide bonds. The molecule has 2 aromatic rings. The van der Waals surface area contributed by atoms with Crippen molar-refractivity contribution in [3.63, 3.8) is 0 Å². The standard InChI is InChI=1S/C19H24N2O3/c22-17(18-9-5-11-24-18)14-21(13-15-6-2-1-3-7-15)19(23)12-16-8-4-10-20-16/h1-3,5-7,9,11,16-17,20,22H,4,8,10,12-14H2. The lowest BCUT2D eigenvalue weighted by atomic mass is 10.1. The third-order valence-corrected chi connectivity index (χ3v) is 4.42. The highest BCUT2D eigenvalue weighted by atomic mass is 16.4. The number of benzene rings is 1. The van der Waals surface area contributed by atoms with E-state index in [-0.39, 0.29) is 18.5 Å². The molecule has 1 aromatic carbocycles. The van der Waals surface area contributed by atoms with Crippen molar-refractivity contribution in [2.75, 3.05) is 13.1 Å². The average Bonchev–Trinajstić information content (AvgIpc) is 3.29. The molecule has 0 radical (unpaired) electrons. The molecule has 0 bridgehead atoms. The predicted octanol–water partition coefficient (Wildman–Crippen LogP) is 2.48. The fourth-order valence-corrected chi connectivity index (χ4v) is 3.11. The van der Waals surface area contributed by atoms with E-state index in [1.807, 2.05) is 30.3 Å². The Morgan fingerprint density at radius 2 is 2.12 bits per heavy atom. The SMILES string of the molecule is O=C(CC1CCCN1)N(Cc1ccccc1)CC(O)c1ccco1. The minimum Gasteiger partial charge on any atom is -0.467 e. The first-order valence-corrected chi connectivity index (χ1v) is 8.49. The molecular formula is C19H24N2O3.